The number of hydrogen-bond acceptors (Lipinski definition) is 3. The first-order valence-electron chi connectivity index (χ1n) is 6.33. The predicted octanol–water partition coefficient (Wildman–Crippen LogP) is 0.781. The summed E-state index contributed by atoms with van der Waals surface area (Å²) in [6.07, 6.45) is 5.21. The highest BCUT2D eigenvalue weighted by Crippen LogP contribution is 2.19. The average molecular weight is 228 g/mol. The Kier molecular flexibility index (Phi) is 5.77. The molecule has 4 heteroatoms. The zero-order chi connectivity index (χ0) is 12.0. The molecule has 0 aromatic rings. The zero-order valence-corrected chi connectivity index (χ0v) is 10.1. The Morgan fingerprint density at radius 1 is 1.50 bits per heavy atom. The first-order valence-corrected chi connectivity index (χ1v) is 6.33. The number of nitrogens with one attached hydrogen (secondary N) is 1. The maximum Gasteiger partial charge on any atom is 0.223 e. The van der Waals surface area contributed by atoms with Crippen LogP contribution in [0.2, 0.25) is 0 Å². The van der Waals surface area contributed by atoms with E-state index >= 15 is 0 Å². The molecule has 0 aromatic carbocycles. The summed E-state index contributed by atoms with van der Waals surface area (Å²) in [5.41, 5.74) is 5.41. The summed E-state index contributed by atoms with van der Waals surface area (Å²) in [5, 5.41) is 12.7. The highest BCUT2D eigenvalue weighted by atomic mass is 16.3. The molecule has 0 aliphatic heterocycles. The third-order valence-corrected chi connectivity index (χ3v) is 3.35. The van der Waals surface area contributed by atoms with Crippen molar-refractivity contribution in [1.29, 1.82) is 0 Å². The molecule has 4 nitrogen and oxygen atoms in total. The molecule has 1 aliphatic carbocycles. The van der Waals surface area contributed by atoms with Crippen molar-refractivity contribution < 1.29 is 9.90 Å². The minimum Gasteiger partial charge on any atom is -0.391 e. The molecule has 1 rings (SSSR count). The molecule has 0 radical (unpaired) electrons. The molecule has 1 saturated carbocycles. The van der Waals surface area contributed by atoms with Crippen LogP contribution in [0.25, 0.3) is 0 Å². The van der Waals surface area contributed by atoms with Gasteiger partial charge in [-0.1, -0.05) is 19.8 Å². The molecule has 1 aliphatic rings. The molecule has 0 spiro atoms. The van der Waals surface area contributed by atoms with Gasteiger partial charge in [0.25, 0.3) is 0 Å². The van der Waals surface area contributed by atoms with Gasteiger partial charge in [0.1, 0.15) is 0 Å². The van der Waals surface area contributed by atoms with E-state index in [2.05, 4.69) is 5.32 Å². The fourth-order valence-electron chi connectivity index (χ4n) is 2.16. The molecule has 1 amide bonds. The Morgan fingerprint density at radius 3 is 2.81 bits per heavy atom. The topological polar surface area (TPSA) is 75.4 Å². The van der Waals surface area contributed by atoms with Crippen LogP contribution in [-0.2, 0) is 4.79 Å². The number of amides is 1. The van der Waals surface area contributed by atoms with Gasteiger partial charge < -0.3 is 16.2 Å². The lowest BCUT2D eigenvalue weighted by Gasteiger charge is -2.29. The van der Waals surface area contributed by atoms with E-state index in [0.717, 1.165) is 38.5 Å². The van der Waals surface area contributed by atoms with E-state index in [1.807, 2.05) is 6.92 Å². The lowest BCUT2D eigenvalue weighted by molar-refractivity contribution is -0.126. The number of carbonyl (C=O) groups excluding carboxylic acids is 1. The van der Waals surface area contributed by atoms with E-state index < -0.39 is 0 Å². The highest BCUT2D eigenvalue weighted by Gasteiger charge is 2.25. The molecular formula is C12H24N2O2. The van der Waals surface area contributed by atoms with Crippen molar-refractivity contribution in [3.63, 3.8) is 0 Å². The first kappa shape index (κ1) is 13.5. The van der Waals surface area contributed by atoms with Gasteiger partial charge in [-0.25, -0.2) is 0 Å². The van der Waals surface area contributed by atoms with Gasteiger partial charge in [0.05, 0.1) is 12.1 Å². The van der Waals surface area contributed by atoms with Crippen LogP contribution in [0.5, 0.6) is 0 Å². The van der Waals surface area contributed by atoms with E-state index in [-0.39, 0.29) is 24.0 Å². The predicted molar refractivity (Wildman–Crippen MR) is 63.9 cm³/mol. The second-order valence-corrected chi connectivity index (χ2v) is 4.80. The monoisotopic (exact) mass is 228 g/mol. The normalized spacial score (nSPS) is 27.4. The number of nitrogens with two attached hydrogens (primary N) is 1. The van der Waals surface area contributed by atoms with Gasteiger partial charge in [-0.15, -0.1) is 0 Å². The highest BCUT2D eigenvalue weighted by molar-refractivity contribution is 5.78. The molecule has 1 unspecified atom stereocenters. The summed E-state index contributed by atoms with van der Waals surface area (Å²) in [7, 11) is 0. The molecule has 16 heavy (non-hydrogen) atoms. The van der Waals surface area contributed by atoms with Crippen molar-refractivity contribution in [1.82, 2.24) is 5.32 Å². The zero-order valence-electron chi connectivity index (χ0n) is 10.1. The number of rotatable bonds is 5. The number of aliphatic hydroxyl groups is 1. The third kappa shape index (κ3) is 4.10. The van der Waals surface area contributed by atoms with Crippen molar-refractivity contribution in [2.75, 3.05) is 6.54 Å². The van der Waals surface area contributed by atoms with Crippen molar-refractivity contribution in [3.05, 3.63) is 0 Å². The van der Waals surface area contributed by atoms with Crippen LogP contribution in [-0.4, -0.2) is 29.7 Å². The van der Waals surface area contributed by atoms with Crippen LogP contribution in [0, 0.1) is 5.92 Å². The van der Waals surface area contributed by atoms with Gasteiger partial charge in [0, 0.05) is 5.92 Å². The van der Waals surface area contributed by atoms with Gasteiger partial charge in [0.15, 0.2) is 0 Å². The molecule has 0 saturated heterocycles. The summed E-state index contributed by atoms with van der Waals surface area (Å²) < 4.78 is 0. The standard InChI is InChI=1S/C12H24N2O2/c1-9(5-4-8-13)12(16)14-10-6-2-3-7-11(10)15/h9-11,15H,2-8,13H2,1H3,(H,14,16)/t9?,10-,11-/m1/s1. The number of hydrogen-bond donors (Lipinski definition) is 3. The third-order valence-electron chi connectivity index (χ3n) is 3.35. The lowest BCUT2D eigenvalue weighted by atomic mass is 9.92. The summed E-state index contributed by atoms with van der Waals surface area (Å²) in [6, 6.07) is -0.0402. The summed E-state index contributed by atoms with van der Waals surface area (Å²) >= 11 is 0. The largest absolute Gasteiger partial charge is 0.391 e. The Balaban J connectivity index is 2.31. The van der Waals surface area contributed by atoms with Crippen LogP contribution in [0.3, 0.4) is 0 Å². The lowest BCUT2D eigenvalue weighted by Crippen LogP contribution is -2.46. The van der Waals surface area contributed by atoms with Crippen molar-refractivity contribution in [3.8, 4) is 0 Å². The molecule has 1 fully saturated rings. The fraction of sp³-hybridized carbons (Fsp3) is 0.917. The second-order valence-electron chi connectivity index (χ2n) is 4.80. The average Bonchev–Trinajstić information content (AvgIpc) is 2.28. The van der Waals surface area contributed by atoms with Crippen molar-refractivity contribution in [2.24, 2.45) is 11.7 Å². The fourth-order valence-corrected chi connectivity index (χ4v) is 2.16. The Morgan fingerprint density at radius 2 is 2.19 bits per heavy atom. The maximum atomic E-state index is 11.8. The van der Waals surface area contributed by atoms with Gasteiger partial charge in [-0.3, -0.25) is 4.79 Å². The SMILES string of the molecule is CC(CCCN)C(=O)N[C@@H]1CCCC[C@H]1O. The van der Waals surface area contributed by atoms with Crippen LogP contribution in [0.4, 0.5) is 0 Å². The molecule has 0 aromatic heterocycles. The maximum absolute atomic E-state index is 11.8. The van der Waals surface area contributed by atoms with Gasteiger partial charge >= 0.3 is 0 Å². The van der Waals surface area contributed by atoms with Crippen LogP contribution in [0.1, 0.15) is 45.4 Å². The first-order chi connectivity index (χ1) is 7.65. The molecule has 3 atom stereocenters. The van der Waals surface area contributed by atoms with Crippen LogP contribution >= 0.6 is 0 Å². The van der Waals surface area contributed by atoms with Crippen molar-refractivity contribution >= 4 is 5.91 Å². The van der Waals surface area contributed by atoms with E-state index in [4.69, 9.17) is 5.73 Å². The summed E-state index contributed by atoms with van der Waals surface area (Å²) in [6.45, 7) is 2.55. The smallest absolute Gasteiger partial charge is 0.223 e. The van der Waals surface area contributed by atoms with E-state index in [1.54, 1.807) is 0 Å². The molecule has 94 valence electrons. The molecule has 0 heterocycles. The molecular weight excluding hydrogens is 204 g/mol. The van der Waals surface area contributed by atoms with Gasteiger partial charge in [-0.05, 0) is 32.2 Å². The minimum absolute atomic E-state index is 0.00215. The van der Waals surface area contributed by atoms with Crippen molar-refractivity contribution in [2.45, 2.75) is 57.6 Å². The Hall–Kier alpha value is -0.610. The second kappa shape index (κ2) is 6.86. The summed E-state index contributed by atoms with van der Waals surface area (Å²) in [4.78, 5) is 11.8. The van der Waals surface area contributed by atoms with Crippen LogP contribution < -0.4 is 11.1 Å². The number of carbonyl (C=O) groups is 1. The summed E-state index contributed by atoms with van der Waals surface area (Å²) in [5.74, 6) is 0.0528. The molecule has 0 bridgehead atoms. The molecule has 4 N–H and O–H groups in total. The van der Waals surface area contributed by atoms with E-state index in [9.17, 15) is 9.90 Å². The van der Waals surface area contributed by atoms with Gasteiger partial charge in [0.2, 0.25) is 5.91 Å². The number of aliphatic hydroxyl groups excluding tert-OH is 1. The van der Waals surface area contributed by atoms with Crippen LogP contribution in [0.15, 0.2) is 0 Å². The van der Waals surface area contributed by atoms with Gasteiger partial charge in [-0.2, -0.15) is 0 Å². The Bertz CT molecular complexity index is 221. The minimum atomic E-state index is -0.362. The Labute approximate surface area is 97.6 Å². The van der Waals surface area contributed by atoms with E-state index in [0.29, 0.717) is 6.54 Å². The quantitative estimate of drug-likeness (QED) is 0.651. The van der Waals surface area contributed by atoms with E-state index in [1.165, 1.54) is 0 Å².